The van der Waals surface area contributed by atoms with Gasteiger partial charge in [0.05, 0.1) is 23.4 Å². The van der Waals surface area contributed by atoms with Crippen LogP contribution in [0.1, 0.15) is 43.2 Å². The van der Waals surface area contributed by atoms with Crippen molar-refractivity contribution in [2.45, 2.75) is 41.5 Å². The van der Waals surface area contributed by atoms with Gasteiger partial charge in [-0.1, -0.05) is 11.3 Å². The van der Waals surface area contributed by atoms with Gasteiger partial charge >= 0.3 is 0 Å². The Morgan fingerprint density at radius 1 is 1.12 bits per heavy atom. The first-order valence-corrected chi connectivity index (χ1v) is 11.8. The average Bonchev–Trinajstić information content (AvgIpc) is 3.30. The average molecular weight is 465 g/mol. The summed E-state index contributed by atoms with van der Waals surface area (Å²) < 4.78 is 18.4. The molecule has 172 valence electrons. The molecule has 1 amide bonds. The van der Waals surface area contributed by atoms with E-state index in [2.05, 4.69) is 10.3 Å². The van der Waals surface area contributed by atoms with E-state index in [1.54, 1.807) is 6.08 Å². The quantitative estimate of drug-likeness (QED) is 0.304. The number of furan rings is 1. The van der Waals surface area contributed by atoms with Crippen LogP contribution in [0.15, 0.2) is 34.8 Å². The third-order valence-corrected chi connectivity index (χ3v) is 6.54. The van der Waals surface area contributed by atoms with E-state index < -0.39 is 0 Å². The molecule has 0 radical (unpaired) electrons. The second-order valence-corrected chi connectivity index (χ2v) is 8.90. The van der Waals surface area contributed by atoms with E-state index in [0.717, 1.165) is 60.7 Å². The molecule has 7 heteroatoms. The third-order valence-electron chi connectivity index (χ3n) is 5.61. The zero-order chi connectivity index (χ0) is 23.7. The van der Waals surface area contributed by atoms with Crippen LogP contribution >= 0.6 is 11.3 Å². The van der Waals surface area contributed by atoms with Gasteiger partial charge in [-0.2, -0.15) is 0 Å². The molecule has 2 aromatic carbocycles. The minimum Gasteiger partial charge on any atom is -0.494 e. The minimum atomic E-state index is -0.239. The van der Waals surface area contributed by atoms with Crippen molar-refractivity contribution in [3.63, 3.8) is 0 Å². The summed E-state index contributed by atoms with van der Waals surface area (Å²) in [7, 11) is 0. The molecule has 0 saturated heterocycles. The smallest absolute Gasteiger partial charge is 0.250 e. The molecule has 2 aromatic heterocycles. The van der Waals surface area contributed by atoms with Gasteiger partial charge in [0, 0.05) is 22.6 Å². The molecule has 4 rings (SSSR count). The van der Waals surface area contributed by atoms with E-state index in [0.29, 0.717) is 18.3 Å². The van der Waals surface area contributed by atoms with E-state index in [9.17, 15) is 4.79 Å². The first-order chi connectivity index (χ1) is 15.8. The lowest BCUT2D eigenvalue weighted by atomic mass is 9.98. The van der Waals surface area contributed by atoms with Crippen molar-refractivity contribution in [1.29, 1.82) is 0 Å². The van der Waals surface area contributed by atoms with E-state index in [1.807, 2.05) is 65.8 Å². The van der Waals surface area contributed by atoms with Crippen LogP contribution in [0.3, 0.4) is 0 Å². The molecule has 2 heterocycles. The highest BCUT2D eigenvalue weighted by atomic mass is 32.1. The SMILES string of the molecule is CCOc1ccc2nc(NC(=O)/C=C(\C)c3cc4c(C)c(C)oc4c(C)c3OCC)sc2c1. The van der Waals surface area contributed by atoms with Crippen molar-refractivity contribution in [2.24, 2.45) is 0 Å². The second-order valence-electron chi connectivity index (χ2n) is 7.87. The van der Waals surface area contributed by atoms with Gasteiger partial charge in [-0.15, -0.1) is 0 Å². The Morgan fingerprint density at radius 2 is 1.88 bits per heavy atom. The summed E-state index contributed by atoms with van der Waals surface area (Å²) in [6.07, 6.45) is 1.59. The fraction of sp³-hybridized carbons (Fsp3) is 0.308. The van der Waals surface area contributed by atoms with Crippen molar-refractivity contribution < 1.29 is 18.7 Å². The van der Waals surface area contributed by atoms with E-state index in [1.165, 1.54) is 11.3 Å². The number of anilines is 1. The van der Waals surface area contributed by atoms with Gasteiger partial charge in [-0.3, -0.25) is 10.1 Å². The zero-order valence-electron chi connectivity index (χ0n) is 19.8. The maximum Gasteiger partial charge on any atom is 0.250 e. The topological polar surface area (TPSA) is 73.6 Å². The lowest BCUT2D eigenvalue weighted by Crippen LogP contribution is -2.08. The zero-order valence-corrected chi connectivity index (χ0v) is 20.6. The second kappa shape index (κ2) is 9.27. The number of amides is 1. The normalized spacial score (nSPS) is 11.9. The fourth-order valence-corrected chi connectivity index (χ4v) is 4.76. The Bertz CT molecular complexity index is 1380. The Kier molecular flexibility index (Phi) is 6.42. The lowest BCUT2D eigenvalue weighted by Gasteiger charge is -2.14. The Morgan fingerprint density at radius 3 is 2.61 bits per heavy atom. The molecule has 0 bridgehead atoms. The number of fused-ring (bicyclic) bond motifs is 2. The number of nitrogens with zero attached hydrogens (tertiary/aromatic N) is 1. The first-order valence-electron chi connectivity index (χ1n) is 11.0. The van der Waals surface area contributed by atoms with Crippen LogP contribution in [0, 0.1) is 20.8 Å². The van der Waals surface area contributed by atoms with Crippen molar-refractivity contribution in [2.75, 3.05) is 18.5 Å². The van der Waals surface area contributed by atoms with Crippen molar-refractivity contribution >= 4 is 49.1 Å². The van der Waals surface area contributed by atoms with Crippen LogP contribution in [0.4, 0.5) is 5.13 Å². The molecule has 0 aliphatic heterocycles. The van der Waals surface area contributed by atoms with E-state index in [4.69, 9.17) is 13.9 Å². The van der Waals surface area contributed by atoms with Crippen LogP contribution in [0.5, 0.6) is 11.5 Å². The summed E-state index contributed by atoms with van der Waals surface area (Å²) >= 11 is 1.42. The third kappa shape index (κ3) is 4.46. The van der Waals surface area contributed by atoms with Crippen molar-refractivity contribution in [3.05, 3.63) is 52.8 Å². The molecule has 0 atom stereocenters. The Balaban J connectivity index is 1.65. The van der Waals surface area contributed by atoms with Crippen molar-refractivity contribution in [1.82, 2.24) is 4.98 Å². The number of thiazole rings is 1. The molecular formula is C26H28N2O4S. The standard InChI is InChI=1S/C26H28N2O4S/c1-7-30-18-9-10-21-22(12-18)33-26(27-21)28-23(29)11-14(3)19-13-20-15(4)17(6)32-25(20)16(5)24(19)31-8-2/h9-13H,7-8H2,1-6H3,(H,27,28,29)/b14-11+. The predicted molar refractivity (Wildman–Crippen MR) is 135 cm³/mol. The van der Waals surface area contributed by atoms with E-state index >= 15 is 0 Å². The summed E-state index contributed by atoms with van der Waals surface area (Å²) in [4.78, 5) is 17.3. The van der Waals surface area contributed by atoms with Crippen LogP contribution in [0.2, 0.25) is 0 Å². The summed E-state index contributed by atoms with van der Waals surface area (Å²) in [5.74, 6) is 2.18. The number of nitrogens with one attached hydrogen (secondary N) is 1. The summed E-state index contributed by atoms with van der Waals surface area (Å²) in [6.45, 7) is 12.9. The number of benzene rings is 2. The van der Waals surface area contributed by atoms with Gasteiger partial charge in [0.1, 0.15) is 22.8 Å². The van der Waals surface area contributed by atoms with Gasteiger partial charge in [0.2, 0.25) is 5.91 Å². The molecule has 6 nitrogen and oxygen atoms in total. The number of ether oxygens (including phenoxy) is 2. The van der Waals surface area contributed by atoms with Gasteiger partial charge in [-0.05, 0) is 76.9 Å². The molecule has 0 unspecified atom stereocenters. The molecule has 0 saturated carbocycles. The molecule has 0 aliphatic rings. The molecule has 1 N–H and O–H groups in total. The molecule has 0 aliphatic carbocycles. The lowest BCUT2D eigenvalue weighted by molar-refractivity contribution is -0.111. The number of aromatic nitrogens is 1. The number of carbonyl (C=O) groups is 1. The number of hydrogen-bond donors (Lipinski definition) is 1. The predicted octanol–water partition coefficient (Wildman–Crippen LogP) is 6.81. The van der Waals surface area contributed by atoms with Crippen LogP contribution in [-0.2, 0) is 4.79 Å². The highest BCUT2D eigenvalue weighted by molar-refractivity contribution is 7.22. The Hall–Kier alpha value is -3.32. The van der Waals surface area contributed by atoms with Gasteiger partial charge < -0.3 is 13.9 Å². The number of hydrogen-bond acceptors (Lipinski definition) is 6. The highest BCUT2D eigenvalue weighted by Crippen LogP contribution is 2.39. The maximum atomic E-state index is 12.8. The molecule has 4 aromatic rings. The first kappa shape index (κ1) is 22.9. The van der Waals surface area contributed by atoms with Crippen molar-refractivity contribution in [3.8, 4) is 11.5 Å². The van der Waals surface area contributed by atoms with Gasteiger partial charge in [-0.25, -0.2) is 4.98 Å². The molecule has 0 spiro atoms. The van der Waals surface area contributed by atoms with Gasteiger partial charge in [0.15, 0.2) is 5.13 Å². The maximum absolute atomic E-state index is 12.8. The number of rotatable bonds is 7. The largest absolute Gasteiger partial charge is 0.494 e. The summed E-state index contributed by atoms with van der Waals surface area (Å²) in [6, 6.07) is 7.77. The van der Waals surface area contributed by atoms with E-state index in [-0.39, 0.29) is 5.91 Å². The minimum absolute atomic E-state index is 0.239. The molecular weight excluding hydrogens is 436 g/mol. The summed E-state index contributed by atoms with van der Waals surface area (Å²) in [5.41, 5.74) is 5.37. The van der Waals surface area contributed by atoms with Crippen LogP contribution < -0.4 is 14.8 Å². The van der Waals surface area contributed by atoms with Gasteiger partial charge in [0.25, 0.3) is 0 Å². The monoisotopic (exact) mass is 464 g/mol. The number of allylic oxidation sites excluding steroid dienone is 1. The molecule has 0 fully saturated rings. The highest BCUT2D eigenvalue weighted by Gasteiger charge is 2.19. The summed E-state index contributed by atoms with van der Waals surface area (Å²) in [5, 5.41) is 4.48. The van der Waals surface area contributed by atoms with Crippen LogP contribution in [-0.4, -0.2) is 24.1 Å². The molecule has 33 heavy (non-hydrogen) atoms. The number of aryl methyl sites for hydroxylation is 3. The van der Waals surface area contributed by atoms with Crippen LogP contribution in [0.25, 0.3) is 26.8 Å². The fourth-order valence-electron chi connectivity index (χ4n) is 3.87. The Labute approximate surface area is 197 Å². The number of carbonyl (C=O) groups excluding carboxylic acids is 1.